The molecule has 3 aromatic rings. The summed E-state index contributed by atoms with van der Waals surface area (Å²) in [5.41, 5.74) is 6.88. The largest absolute Gasteiger partial charge is 0.416 e. The summed E-state index contributed by atoms with van der Waals surface area (Å²) in [7, 11) is 0. The Labute approximate surface area is 171 Å². The van der Waals surface area contributed by atoms with Crippen molar-refractivity contribution >= 4 is 28.6 Å². The van der Waals surface area contributed by atoms with Gasteiger partial charge in [0.05, 0.1) is 11.9 Å². The highest BCUT2D eigenvalue weighted by Gasteiger charge is 2.30. The molecule has 0 radical (unpaired) electrons. The predicted molar refractivity (Wildman–Crippen MR) is 110 cm³/mol. The number of aryl methyl sites for hydroxylation is 1. The van der Waals surface area contributed by atoms with E-state index in [9.17, 15) is 13.2 Å². The molecule has 0 aliphatic heterocycles. The van der Waals surface area contributed by atoms with Gasteiger partial charge in [-0.3, -0.25) is 0 Å². The van der Waals surface area contributed by atoms with Gasteiger partial charge in [-0.1, -0.05) is 18.9 Å². The van der Waals surface area contributed by atoms with Crippen LogP contribution >= 0.6 is 0 Å². The standard InChI is InChI=1S/C20H24F3N7/c1-2-30-11-25-16-17(26-13-7-5-6-12(10-13)20(21,22)23)28-19(29-18(16)30)27-15-9-4-3-8-14(15)24/h5-7,10-11,14-15H,2-4,8-9,24H2,1H3,(H2,26,27,28,29). The Morgan fingerprint density at radius 3 is 2.73 bits per heavy atom. The number of hydrogen-bond donors (Lipinski definition) is 3. The number of nitrogens with zero attached hydrogens (tertiary/aromatic N) is 4. The van der Waals surface area contributed by atoms with Crippen LogP contribution in [0.1, 0.15) is 38.2 Å². The predicted octanol–water partition coefficient (Wildman–Crippen LogP) is 4.29. The molecule has 7 nitrogen and oxygen atoms in total. The first-order valence-corrected chi connectivity index (χ1v) is 10.0. The number of alkyl halides is 3. The molecule has 1 aromatic carbocycles. The zero-order valence-electron chi connectivity index (χ0n) is 16.6. The summed E-state index contributed by atoms with van der Waals surface area (Å²) in [6, 6.07) is 5.06. The Morgan fingerprint density at radius 1 is 1.20 bits per heavy atom. The van der Waals surface area contributed by atoms with E-state index in [1.54, 1.807) is 12.4 Å². The van der Waals surface area contributed by atoms with Gasteiger partial charge in [0.25, 0.3) is 0 Å². The molecular weight excluding hydrogens is 395 g/mol. The number of nitrogens with one attached hydrogen (secondary N) is 2. The monoisotopic (exact) mass is 419 g/mol. The van der Waals surface area contributed by atoms with Gasteiger partial charge >= 0.3 is 6.18 Å². The molecule has 2 unspecified atom stereocenters. The van der Waals surface area contributed by atoms with E-state index in [0.717, 1.165) is 37.8 Å². The lowest BCUT2D eigenvalue weighted by atomic mass is 9.91. The van der Waals surface area contributed by atoms with Crippen molar-refractivity contribution in [2.24, 2.45) is 5.73 Å². The van der Waals surface area contributed by atoms with E-state index in [2.05, 4.69) is 25.6 Å². The molecule has 0 amide bonds. The minimum atomic E-state index is -4.42. The fourth-order valence-corrected chi connectivity index (χ4v) is 3.74. The van der Waals surface area contributed by atoms with Crippen molar-refractivity contribution in [2.75, 3.05) is 10.6 Å². The lowest BCUT2D eigenvalue weighted by Gasteiger charge is -2.29. The number of rotatable bonds is 5. The second-order valence-corrected chi connectivity index (χ2v) is 7.50. The number of fused-ring (bicyclic) bond motifs is 1. The van der Waals surface area contributed by atoms with E-state index in [1.165, 1.54) is 6.07 Å². The summed E-state index contributed by atoms with van der Waals surface area (Å²) in [5, 5.41) is 6.30. The second kappa shape index (κ2) is 8.10. The van der Waals surface area contributed by atoms with Crippen molar-refractivity contribution in [3.05, 3.63) is 36.2 Å². The van der Waals surface area contributed by atoms with E-state index >= 15 is 0 Å². The smallest absolute Gasteiger partial charge is 0.350 e. The molecule has 4 N–H and O–H groups in total. The molecule has 1 aliphatic carbocycles. The van der Waals surface area contributed by atoms with Crippen molar-refractivity contribution in [1.82, 2.24) is 19.5 Å². The number of hydrogen-bond acceptors (Lipinski definition) is 6. The van der Waals surface area contributed by atoms with Gasteiger partial charge in [0, 0.05) is 24.3 Å². The molecule has 0 bridgehead atoms. The van der Waals surface area contributed by atoms with Crippen molar-refractivity contribution in [3.8, 4) is 0 Å². The summed E-state index contributed by atoms with van der Waals surface area (Å²) in [4.78, 5) is 13.5. The number of imidazole rings is 1. The van der Waals surface area contributed by atoms with Crippen LogP contribution in [0.3, 0.4) is 0 Å². The summed E-state index contributed by atoms with van der Waals surface area (Å²) in [6.45, 7) is 2.62. The lowest BCUT2D eigenvalue weighted by Crippen LogP contribution is -2.43. The molecule has 1 saturated carbocycles. The van der Waals surface area contributed by atoms with Crippen LogP contribution < -0.4 is 16.4 Å². The highest BCUT2D eigenvalue weighted by molar-refractivity contribution is 5.86. The molecular formula is C20H24F3N7. The third-order valence-corrected chi connectivity index (χ3v) is 5.39. The average Bonchev–Trinajstić information content (AvgIpc) is 3.13. The molecule has 1 aliphatic rings. The maximum absolute atomic E-state index is 13.1. The number of benzene rings is 1. The van der Waals surface area contributed by atoms with Gasteiger partial charge in [-0.25, -0.2) is 4.98 Å². The minimum Gasteiger partial charge on any atom is -0.350 e. The third kappa shape index (κ3) is 4.18. The number of nitrogens with two attached hydrogens (primary N) is 1. The van der Waals surface area contributed by atoms with Crippen LogP contribution in [0.2, 0.25) is 0 Å². The molecule has 4 rings (SSSR count). The van der Waals surface area contributed by atoms with Gasteiger partial charge < -0.3 is 20.9 Å². The van der Waals surface area contributed by atoms with Crippen LogP contribution in [0.4, 0.5) is 30.6 Å². The van der Waals surface area contributed by atoms with Gasteiger partial charge in [0.2, 0.25) is 5.95 Å². The summed E-state index contributed by atoms with van der Waals surface area (Å²) < 4.78 is 41.1. The van der Waals surface area contributed by atoms with E-state index in [4.69, 9.17) is 5.73 Å². The van der Waals surface area contributed by atoms with Crippen LogP contribution in [0.15, 0.2) is 30.6 Å². The molecule has 160 valence electrons. The minimum absolute atomic E-state index is 0.00834. The molecule has 0 saturated heterocycles. The molecule has 2 aromatic heterocycles. The lowest BCUT2D eigenvalue weighted by molar-refractivity contribution is -0.137. The van der Waals surface area contributed by atoms with Crippen LogP contribution in [-0.4, -0.2) is 31.6 Å². The van der Waals surface area contributed by atoms with Crippen molar-refractivity contribution < 1.29 is 13.2 Å². The Bertz CT molecular complexity index is 1030. The quantitative estimate of drug-likeness (QED) is 0.571. The second-order valence-electron chi connectivity index (χ2n) is 7.50. The molecule has 1 fully saturated rings. The maximum atomic E-state index is 13.1. The van der Waals surface area contributed by atoms with Crippen LogP contribution in [0, 0.1) is 0 Å². The Hall–Kier alpha value is -2.88. The molecule has 2 atom stereocenters. The Balaban J connectivity index is 1.70. The number of halogens is 3. The van der Waals surface area contributed by atoms with Crippen LogP contribution in [0.25, 0.3) is 11.2 Å². The maximum Gasteiger partial charge on any atom is 0.416 e. The fraction of sp³-hybridized carbons (Fsp3) is 0.450. The Morgan fingerprint density at radius 2 is 2.00 bits per heavy atom. The fourth-order valence-electron chi connectivity index (χ4n) is 3.74. The molecule has 2 heterocycles. The molecule has 10 heteroatoms. The zero-order chi connectivity index (χ0) is 21.3. The first-order valence-electron chi connectivity index (χ1n) is 10.0. The van der Waals surface area contributed by atoms with Gasteiger partial charge in [-0.05, 0) is 38.0 Å². The van der Waals surface area contributed by atoms with Gasteiger partial charge in [-0.15, -0.1) is 0 Å². The van der Waals surface area contributed by atoms with E-state index in [1.807, 2.05) is 11.5 Å². The highest BCUT2D eigenvalue weighted by Crippen LogP contribution is 2.32. The summed E-state index contributed by atoms with van der Waals surface area (Å²) in [5.74, 6) is 0.730. The van der Waals surface area contributed by atoms with Crippen molar-refractivity contribution in [2.45, 2.75) is 57.4 Å². The summed E-state index contributed by atoms with van der Waals surface area (Å²) in [6.07, 6.45) is 1.26. The normalized spacial score (nSPS) is 19.8. The molecule has 0 spiro atoms. The van der Waals surface area contributed by atoms with Gasteiger partial charge in [0.1, 0.15) is 0 Å². The third-order valence-electron chi connectivity index (χ3n) is 5.39. The SMILES string of the molecule is CCn1cnc2c(Nc3cccc(C(F)(F)F)c3)nc(NC3CCCCC3N)nc21. The van der Waals surface area contributed by atoms with E-state index in [0.29, 0.717) is 29.5 Å². The first kappa shape index (κ1) is 20.4. The first-order chi connectivity index (χ1) is 14.3. The van der Waals surface area contributed by atoms with Gasteiger partial charge in [-0.2, -0.15) is 23.1 Å². The highest BCUT2D eigenvalue weighted by atomic mass is 19.4. The van der Waals surface area contributed by atoms with Crippen molar-refractivity contribution in [3.63, 3.8) is 0 Å². The van der Waals surface area contributed by atoms with Gasteiger partial charge in [0.15, 0.2) is 17.0 Å². The zero-order valence-corrected chi connectivity index (χ0v) is 16.6. The molecule has 30 heavy (non-hydrogen) atoms. The Kier molecular flexibility index (Phi) is 5.50. The number of aromatic nitrogens is 4. The van der Waals surface area contributed by atoms with E-state index < -0.39 is 11.7 Å². The number of anilines is 3. The topological polar surface area (TPSA) is 93.7 Å². The van der Waals surface area contributed by atoms with Crippen LogP contribution in [-0.2, 0) is 12.7 Å². The average molecular weight is 419 g/mol. The summed E-state index contributed by atoms with van der Waals surface area (Å²) >= 11 is 0. The van der Waals surface area contributed by atoms with Crippen molar-refractivity contribution in [1.29, 1.82) is 0 Å². The van der Waals surface area contributed by atoms with E-state index in [-0.39, 0.29) is 17.8 Å². The van der Waals surface area contributed by atoms with Crippen LogP contribution in [0.5, 0.6) is 0 Å².